The first kappa shape index (κ1) is 24.1. The molecule has 1 fully saturated rings. The summed E-state index contributed by atoms with van der Waals surface area (Å²) < 4.78 is 19.5. The number of benzene rings is 3. The summed E-state index contributed by atoms with van der Waals surface area (Å²) in [6, 6.07) is 23.9. The monoisotopic (exact) mass is 483 g/mol. The highest BCUT2D eigenvalue weighted by molar-refractivity contribution is 6.09. The quantitative estimate of drug-likeness (QED) is 0.363. The first-order valence-electron chi connectivity index (χ1n) is 12.5. The minimum atomic E-state index is -0.311. The Balaban J connectivity index is 1.64. The van der Waals surface area contributed by atoms with Gasteiger partial charge in [-0.25, -0.2) is 9.37 Å². The molecule has 4 aromatic rings. The van der Waals surface area contributed by atoms with Gasteiger partial charge < -0.3 is 10.1 Å². The van der Waals surface area contributed by atoms with Gasteiger partial charge in [0.05, 0.1) is 36.0 Å². The predicted molar refractivity (Wildman–Crippen MR) is 140 cm³/mol. The van der Waals surface area contributed by atoms with Gasteiger partial charge in [-0.1, -0.05) is 67.6 Å². The first-order valence-corrected chi connectivity index (χ1v) is 12.5. The zero-order valence-electron chi connectivity index (χ0n) is 20.4. The summed E-state index contributed by atoms with van der Waals surface area (Å²) in [5.74, 6) is -0.487. The Morgan fingerprint density at radius 2 is 1.78 bits per heavy atom. The number of hydrogen-bond donors (Lipinski definition) is 1. The molecule has 0 saturated carbocycles. The number of hydrogen-bond acceptors (Lipinski definition) is 4. The SMILES string of the molecule is CCC(NC(=O)c1c(CN2CCOCC2)c(-c2ccccc2)nc2ccccc12)c1cccc(F)c1. The highest BCUT2D eigenvalue weighted by Crippen LogP contribution is 2.32. The van der Waals surface area contributed by atoms with E-state index in [9.17, 15) is 9.18 Å². The number of ether oxygens (including phenoxy) is 1. The molecule has 0 spiro atoms. The fourth-order valence-electron chi connectivity index (χ4n) is 4.86. The molecule has 5 nitrogen and oxygen atoms in total. The van der Waals surface area contributed by atoms with Crippen LogP contribution in [0.4, 0.5) is 4.39 Å². The summed E-state index contributed by atoms with van der Waals surface area (Å²) in [4.78, 5) is 21.4. The van der Waals surface area contributed by atoms with Crippen LogP contribution in [0.2, 0.25) is 0 Å². The minimum absolute atomic E-state index is 0.176. The van der Waals surface area contributed by atoms with Crippen molar-refractivity contribution in [2.75, 3.05) is 26.3 Å². The molecule has 0 aliphatic carbocycles. The molecule has 6 heteroatoms. The lowest BCUT2D eigenvalue weighted by Gasteiger charge is -2.29. The molecule has 1 N–H and O–H groups in total. The van der Waals surface area contributed by atoms with Crippen LogP contribution in [0.3, 0.4) is 0 Å². The fraction of sp³-hybridized carbons (Fsp3) is 0.267. The summed E-state index contributed by atoms with van der Waals surface area (Å²) in [5, 5.41) is 4.01. The van der Waals surface area contributed by atoms with Gasteiger partial charge in [0.25, 0.3) is 5.91 Å². The number of para-hydroxylation sites is 1. The molecule has 1 atom stereocenters. The van der Waals surface area contributed by atoms with E-state index in [0.717, 1.165) is 46.4 Å². The summed E-state index contributed by atoms with van der Waals surface area (Å²) in [6.45, 7) is 5.50. The third kappa shape index (κ3) is 5.15. The number of fused-ring (bicyclic) bond motifs is 1. The van der Waals surface area contributed by atoms with Gasteiger partial charge in [-0.2, -0.15) is 0 Å². The molecular formula is C30H30FN3O2. The van der Waals surface area contributed by atoms with E-state index in [1.807, 2.05) is 67.6 Å². The molecule has 1 aliphatic rings. The Kier molecular flexibility index (Phi) is 7.35. The van der Waals surface area contributed by atoms with E-state index in [0.29, 0.717) is 31.7 Å². The topological polar surface area (TPSA) is 54.5 Å². The van der Waals surface area contributed by atoms with Gasteiger partial charge in [-0.05, 0) is 30.2 Å². The number of pyridine rings is 1. The molecular weight excluding hydrogens is 453 g/mol. The van der Waals surface area contributed by atoms with Crippen molar-refractivity contribution in [3.63, 3.8) is 0 Å². The van der Waals surface area contributed by atoms with E-state index in [1.54, 1.807) is 6.07 Å². The van der Waals surface area contributed by atoms with Crippen molar-refractivity contribution in [2.24, 2.45) is 0 Å². The van der Waals surface area contributed by atoms with E-state index in [-0.39, 0.29) is 17.8 Å². The third-order valence-corrected chi connectivity index (χ3v) is 6.72. The number of nitrogens with one attached hydrogen (secondary N) is 1. The zero-order chi connectivity index (χ0) is 24.9. The molecule has 1 amide bonds. The van der Waals surface area contributed by atoms with E-state index in [2.05, 4.69) is 10.2 Å². The average molecular weight is 484 g/mol. The lowest BCUT2D eigenvalue weighted by molar-refractivity contribution is 0.0341. The number of carbonyl (C=O) groups excluding carboxylic acids is 1. The van der Waals surface area contributed by atoms with E-state index in [4.69, 9.17) is 9.72 Å². The van der Waals surface area contributed by atoms with Crippen LogP contribution in [0.15, 0.2) is 78.9 Å². The van der Waals surface area contributed by atoms with Crippen LogP contribution >= 0.6 is 0 Å². The smallest absolute Gasteiger partial charge is 0.252 e. The van der Waals surface area contributed by atoms with Gasteiger partial charge in [0.2, 0.25) is 0 Å². The molecule has 36 heavy (non-hydrogen) atoms. The molecule has 2 heterocycles. The largest absolute Gasteiger partial charge is 0.379 e. The average Bonchev–Trinajstić information content (AvgIpc) is 2.92. The van der Waals surface area contributed by atoms with Crippen LogP contribution in [0.1, 0.15) is 40.9 Å². The number of rotatable bonds is 7. The van der Waals surface area contributed by atoms with Crippen LogP contribution in [-0.2, 0) is 11.3 Å². The minimum Gasteiger partial charge on any atom is -0.379 e. The molecule has 3 aromatic carbocycles. The van der Waals surface area contributed by atoms with Crippen LogP contribution in [0.25, 0.3) is 22.2 Å². The molecule has 1 aromatic heterocycles. The van der Waals surface area contributed by atoms with Crippen molar-refractivity contribution < 1.29 is 13.9 Å². The fourth-order valence-corrected chi connectivity index (χ4v) is 4.86. The second-order valence-corrected chi connectivity index (χ2v) is 9.07. The van der Waals surface area contributed by atoms with Crippen molar-refractivity contribution in [1.82, 2.24) is 15.2 Å². The van der Waals surface area contributed by atoms with Crippen molar-refractivity contribution in [3.05, 3.63) is 101 Å². The Bertz CT molecular complexity index is 1350. The van der Waals surface area contributed by atoms with Gasteiger partial charge in [0.1, 0.15) is 5.82 Å². The van der Waals surface area contributed by atoms with Gasteiger partial charge in [0.15, 0.2) is 0 Å². The third-order valence-electron chi connectivity index (χ3n) is 6.72. The van der Waals surface area contributed by atoms with Crippen LogP contribution < -0.4 is 5.32 Å². The second kappa shape index (κ2) is 11.0. The molecule has 0 bridgehead atoms. The number of carbonyl (C=O) groups is 1. The number of amides is 1. The number of morpholine rings is 1. The summed E-state index contributed by atoms with van der Waals surface area (Å²) in [6.07, 6.45) is 0.641. The van der Waals surface area contributed by atoms with Gasteiger partial charge >= 0.3 is 0 Å². The Morgan fingerprint density at radius 1 is 1.03 bits per heavy atom. The molecule has 1 saturated heterocycles. The predicted octanol–water partition coefficient (Wildman–Crippen LogP) is 5.75. The van der Waals surface area contributed by atoms with Crippen molar-refractivity contribution in [2.45, 2.75) is 25.9 Å². The van der Waals surface area contributed by atoms with Gasteiger partial charge in [0, 0.05) is 36.1 Å². The van der Waals surface area contributed by atoms with E-state index >= 15 is 0 Å². The zero-order valence-corrected chi connectivity index (χ0v) is 20.4. The van der Waals surface area contributed by atoms with Crippen LogP contribution in [0, 0.1) is 5.82 Å². The lowest BCUT2D eigenvalue weighted by atomic mass is 9.94. The Morgan fingerprint density at radius 3 is 2.53 bits per heavy atom. The standard InChI is InChI=1S/C30H30FN3O2/c1-2-26(22-11-8-12-23(31)19-22)33-30(35)28-24-13-6-7-14-27(24)32-29(21-9-4-3-5-10-21)25(28)20-34-15-17-36-18-16-34/h3-14,19,26H,2,15-18,20H2,1H3,(H,33,35). The van der Waals surface area contributed by atoms with E-state index < -0.39 is 0 Å². The number of aromatic nitrogens is 1. The number of nitrogens with zero attached hydrogens (tertiary/aromatic N) is 2. The van der Waals surface area contributed by atoms with Gasteiger partial charge in [-0.15, -0.1) is 0 Å². The highest BCUT2D eigenvalue weighted by atomic mass is 19.1. The maximum absolute atomic E-state index is 14.1. The lowest BCUT2D eigenvalue weighted by Crippen LogP contribution is -2.37. The van der Waals surface area contributed by atoms with Crippen LogP contribution in [-0.4, -0.2) is 42.1 Å². The highest BCUT2D eigenvalue weighted by Gasteiger charge is 2.25. The van der Waals surface area contributed by atoms with Crippen LogP contribution in [0.5, 0.6) is 0 Å². The van der Waals surface area contributed by atoms with E-state index in [1.165, 1.54) is 12.1 Å². The number of halogens is 1. The Labute approximate surface area is 210 Å². The van der Waals surface area contributed by atoms with Gasteiger partial charge in [-0.3, -0.25) is 9.69 Å². The summed E-state index contributed by atoms with van der Waals surface area (Å²) in [7, 11) is 0. The van der Waals surface area contributed by atoms with Crippen molar-refractivity contribution >= 4 is 16.8 Å². The molecule has 184 valence electrons. The summed E-state index contributed by atoms with van der Waals surface area (Å²) >= 11 is 0. The summed E-state index contributed by atoms with van der Waals surface area (Å²) in [5.41, 5.74) is 4.82. The second-order valence-electron chi connectivity index (χ2n) is 9.07. The molecule has 0 radical (unpaired) electrons. The van der Waals surface area contributed by atoms with Crippen molar-refractivity contribution in [3.8, 4) is 11.3 Å². The first-order chi connectivity index (χ1) is 17.6. The van der Waals surface area contributed by atoms with Crippen molar-refractivity contribution in [1.29, 1.82) is 0 Å². The molecule has 1 unspecified atom stereocenters. The molecule has 5 rings (SSSR count). The maximum Gasteiger partial charge on any atom is 0.252 e. The molecule has 1 aliphatic heterocycles. The Hall–Kier alpha value is -3.61. The normalized spacial score (nSPS) is 15.1. The maximum atomic E-state index is 14.1.